The molecule has 0 fully saturated rings. The number of ether oxygens (including phenoxy) is 1. The lowest BCUT2D eigenvalue weighted by molar-refractivity contribution is 0.192. The van der Waals surface area contributed by atoms with Gasteiger partial charge in [-0.1, -0.05) is 0 Å². The van der Waals surface area contributed by atoms with Crippen LogP contribution < -0.4 is 5.32 Å². The van der Waals surface area contributed by atoms with Gasteiger partial charge in [0.15, 0.2) is 0 Å². The summed E-state index contributed by atoms with van der Waals surface area (Å²) in [6.07, 6.45) is 1.68. The highest BCUT2D eigenvalue weighted by atomic mass is 16.5. The predicted molar refractivity (Wildman–Crippen MR) is 52.0 cm³/mol. The molecule has 0 spiro atoms. The number of nitrogens with one attached hydrogen (secondary N) is 1. The van der Waals surface area contributed by atoms with Crippen molar-refractivity contribution < 1.29 is 9.15 Å². The molecule has 0 amide bonds. The Kier molecular flexibility index (Phi) is 4.55. The molecule has 0 aliphatic carbocycles. The molecule has 0 aromatic carbocycles. The molecule has 0 saturated heterocycles. The van der Waals surface area contributed by atoms with Crippen molar-refractivity contribution in [1.82, 2.24) is 15.5 Å². The number of aromatic nitrogens is 2. The van der Waals surface area contributed by atoms with E-state index in [0.29, 0.717) is 11.8 Å². The highest BCUT2D eigenvalue weighted by Crippen LogP contribution is 2.10. The Morgan fingerprint density at radius 1 is 1.50 bits per heavy atom. The maximum Gasteiger partial charge on any atom is 0.233 e. The van der Waals surface area contributed by atoms with Crippen LogP contribution in [0.15, 0.2) is 4.42 Å². The third-order valence-corrected chi connectivity index (χ3v) is 2.03. The van der Waals surface area contributed by atoms with Crippen LogP contribution in [0.4, 0.5) is 0 Å². The molecule has 5 nitrogen and oxygen atoms in total. The van der Waals surface area contributed by atoms with Gasteiger partial charge in [-0.05, 0) is 20.4 Å². The fourth-order valence-corrected chi connectivity index (χ4v) is 1.03. The number of hydrogen-bond acceptors (Lipinski definition) is 5. The fourth-order valence-electron chi connectivity index (χ4n) is 1.03. The minimum absolute atomic E-state index is 0.110. The second-order valence-corrected chi connectivity index (χ2v) is 3.14. The molecule has 0 aliphatic rings. The van der Waals surface area contributed by atoms with Gasteiger partial charge in [0, 0.05) is 20.1 Å². The first-order chi connectivity index (χ1) is 6.77. The Morgan fingerprint density at radius 2 is 2.29 bits per heavy atom. The Balaban J connectivity index is 2.42. The maximum atomic E-state index is 5.44. The minimum atomic E-state index is 0.110. The largest absolute Gasteiger partial charge is 0.424 e. The molecule has 0 bridgehead atoms. The standard InChI is InChI=1S/C9H17N3O2/c1-7(10-2)9-12-11-8(14-9)5-4-6-13-3/h7,10H,4-6H2,1-3H3. The van der Waals surface area contributed by atoms with E-state index >= 15 is 0 Å². The van der Waals surface area contributed by atoms with Crippen molar-refractivity contribution in [2.45, 2.75) is 25.8 Å². The van der Waals surface area contributed by atoms with Gasteiger partial charge in [-0.3, -0.25) is 0 Å². The molecule has 1 aromatic rings. The molecule has 0 aliphatic heterocycles. The lowest BCUT2D eigenvalue weighted by Gasteiger charge is -2.02. The van der Waals surface area contributed by atoms with E-state index in [1.165, 1.54) is 0 Å². The summed E-state index contributed by atoms with van der Waals surface area (Å²) in [4.78, 5) is 0. The molecular formula is C9H17N3O2. The van der Waals surface area contributed by atoms with E-state index in [4.69, 9.17) is 9.15 Å². The molecule has 1 N–H and O–H groups in total. The van der Waals surface area contributed by atoms with E-state index in [2.05, 4.69) is 15.5 Å². The zero-order valence-electron chi connectivity index (χ0n) is 8.91. The highest BCUT2D eigenvalue weighted by Gasteiger charge is 2.11. The van der Waals surface area contributed by atoms with Gasteiger partial charge in [-0.2, -0.15) is 0 Å². The van der Waals surface area contributed by atoms with Crippen LogP contribution in [0.5, 0.6) is 0 Å². The van der Waals surface area contributed by atoms with E-state index < -0.39 is 0 Å². The molecule has 5 heteroatoms. The van der Waals surface area contributed by atoms with Gasteiger partial charge in [0.25, 0.3) is 0 Å². The fraction of sp³-hybridized carbons (Fsp3) is 0.778. The molecule has 1 aromatic heterocycles. The summed E-state index contributed by atoms with van der Waals surface area (Å²) in [6.45, 7) is 2.70. The van der Waals surface area contributed by atoms with Gasteiger partial charge >= 0.3 is 0 Å². The summed E-state index contributed by atoms with van der Waals surface area (Å²) in [5.41, 5.74) is 0. The molecule has 14 heavy (non-hydrogen) atoms. The van der Waals surface area contributed by atoms with Gasteiger partial charge < -0.3 is 14.5 Å². The van der Waals surface area contributed by atoms with Gasteiger partial charge in [0.05, 0.1) is 6.04 Å². The average Bonchev–Trinajstić information content (AvgIpc) is 2.66. The SMILES string of the molecule is CNC(C)c1nnc(CCCOC)o1. The summed E-state index contributed by atoms with van der Waals surface area (Å²) < 4.78 is 10.4. The van der Waals surface area contributed by atoms with Crippen molar-refractivity contribution in [2.75, 3.05) is 20.8 Å². The molecular weight excluding hydrogens is 182 g/mol. The van der Waals surface area contributed by atoms with Crippen molar-refractivity contribution in [3.63, 3.8) is 0 Å². The monoisotopic (exact) mass is 199 g/mol. The van der Waals surface area contributed by atoms with Crippen molar-refractivity contribution in [1.29, 1.82) is 0 Å². The molecule has 0 radical (unpaired) electrons. The van der Waals surface area contributed by atoms with Gasteiger partial charge in [-0.25, -0.2) is 0 Å². The number of hydrogen-bond donors (Lipinski definition) is 1. The van der Waals surface area contributed by atoms with Crippen LogP contribution in [0.25, 0.3) is 0 Å². The first kappa shape index (κ1) is 11.1. The molecule has 1 unspecified atom stereocenters. The van der Waals surface area contributed by atoms with Crippen molar-refractivity contribution >= 4 is 0 Å². The lowest BCUT2D eigenvalue weighted by atomic mass is 10.3. The summed E-state index contributed by atoms with van der Waals surface area (Å²) in [5.74, 6) is 1.32. The number of methoxy groups -OCH3 is 1. The zero-order chi connectivity index (χ0) is 10.4. The van der Waals surface area contributed by atoms with E-state index in [0.717, 1.165) is 19.4 Å². The van der Waals surface area contributed by atoms with E-state index in [9.17, 15) is 0 Å². The number of nitrogens with zero attached hydrogens (tertiary/aromatic N) is 2. The topological polar surface area (TPSA) is 60.2 Å². The summed E-state index contributed by atoms with van der Waals surface area (Å²) in [5, 5.41) is 10.9. The number of rotatable bonds is 6. The van der Waals surface area contributed by atoms with E-state index in [1.54, 1.807) is 7.11 Å². The first-order valence-electron chi connectivity index (χ1n) is 4.76. The Bertz CT molecular complexity index is 262. The lowest BCUT2D eigenvalue weighted by Crippen LogP contribution is -2.12. The second-order valence-electron chi connectivity index (χ2n) is 3.14. The Hall–Kier alpha value is -0.940. The van der Waals surface area contributed by atoms with Crippen molar-refractivity contribution in [3.8, 4) is 0 Å². The molecule has 1 atom stereocenters. The van der Waals surface area contributed by atoms with Crippen LogP contribution in [0.3, 0.4) is 0 Å². The average molecular weight is 199 g/mol. The highest BCUT2D eigenvalue weighted by molar-refractivity contribution is 4.87. The smallest absolute Gasteiger partial charge is 0.233 e. The van der Waals surface area contributed by atoms with Crippen LogP contribution in [-0.4, -0.2) is 31.0 Å². The predicted octanol–water partition coefficient (Wildman–Crippen LogP) is 0.929. The molecule has 1 heterocycles. The van der Waals surface area contributed by atoms with E-state index in [-0.39, 0.29) is 6.04 Å². The Morgan fingerprint density at radius 3 is 2.93 bits per heavy atom. The maximum absolute atomic E-state index is 5.44. The summed E-state index contributed by atoms with van der Waals surface area (Å²) in [6, 6.07) is 0.110. The molecule has 0 saturated carbocycles. The third-order valence-electron chi connectivity index (χ3n) is 2.03. The van der Waals surface area contributed by atoms with Crippen LogP contribution in [0.1, 0.15) is 31.2 Å². The van der Waals surface area contributed by atoms with E-state index in [1.807, 2.05) is 14.0 Å². The minimum Gasteiger partial charge on any atom is -0.424 e. The third kappa shape index (κ3) is 3.08. The normalized spacial score (nSPS) is 13.1. The van der Waals surface area contributed by atoms with Crippen LogP contribution in [0.2, 0.25) is 0 Å². The van der Waals surface area contributed by atoms with Crippen LogP contribution in [-0.2, 0) is 11.2 Å². The second kappa shape index (κ2) is 5.72. The van der Waals surface area contributed by atoms with Crippen molar-refractivity contribution in [2.24, 2.45) is 0 Å². The summed E-state index contributed by atoms with van der Waals surface area (Å²) in [7, 11) is 3.54. The summed E-state index contributed by atoms with van der Waals surface area (Å²) >= 11 is 0. The van der Waals surface area contributed by atoms with Crippen LogP contribution in [0, 0.1) is 0 Å². The van der Waals surface area contributed by atoms with Gasteiger partial charge in [-0.15, -0.1) is 10.2 Å². The molecule has 1 rings (SSSR count). The van der Waals surface area contributed by atoms with Crippen LogP contribution >= 0.6 is 0 Å². The quantitative estimate of drug-likeness (QED) is 0.690. The number of aryl methyl sites for hydroxylation is 1. The Labute approximate surface area is 83.9 Å². The van der Waals surface area contributed by atoms with Gasteiger partial charge in [0.2, 0.25) is 11.8 Å². The van der Waals surface area contributed by atoms with Crippen molar-refractivity contribution in [3.05, 3.63) is 11.8 Å². The molecule has 80 valence electrons. The first-order valence-corrected chi connectivity index (χ1v) is 4.76. The van der Waals surface area contributed by atoms with Gasteiger partial charge in [0.1, 0.15) is 0 Å². The zero-order valence-corrected chi connectivity index (χ0v) is 8.91.